The molecule has 0 bridgehead atoms. The van der Waals surface area contributed by atoms with Crippen molar-refractivity contribution >= 4 is 33.2 Å². The van der Waals surface area contributed by atoms with Crippen molar-refractivity contribution < 1.29 is 13.2 Å². The Morgan fingerprint density at radius 3 is 2.42 bits per heavy atom. The summed E-state index contributed by atoms with van der Waals surface area (Å²) in [6.07, 6.45) is 1.49. The molecule has 0 amide bonds. The van der Waals surface area contributed by atoms with E-state index in [0.29, 0.717) is 28.6 Å². The molecular formula is C17H19Cl2NO3S. The second-order valence-electron chi connectivity index (χ2n) is 5.34. The molecule has 0 heterocycles. The van der Waals surface area contributed by atoms with Crippen LogP contribution in [-0.4, -0.2) is 22.1 Å². The smallest absolute Gasteiger partial charge is 0.215 e. The van der Waals surface area contributed by atoms with Crippen LogP contribution in [0.1, 0.15) is 17.5 Å². The number of ether oxygens (including phenoxy) is 1. The lowest BCUT2D eigenvalue weighted by Crippen LogP contribution is -2.26. The summed E-state index contributed by atoms with van der Waals surface area (Å²) in [7, 11) is -1.81. The third-order valence-electron chi connectivity index (χ3n) is 3.48. The Morgan fingerprint density at radius 1 is 1.08 bits per heavy atom. The molecule has 0 spiro atoms. The lowest BCUT2D eigenvalue weighted by atomic mass is 10.1. The predicted octanol–water partition coefficient (Wildman–Crippen LogP) is 4.05. The topological polar surface area (TPSA) is 55.4 Å². The quantitative estimate of drug-likeness (QED) is 0.694. The van der Waals surface area contributed by atoms with Gasteiger partial charge in [-0.05, 0) is 48.2 Å². The largest absolute Gasteiger partial charge is 0.497 e. The number of aryl methyl sites for hydroxylation is 1. The molecule has 1 N–H and O–H groups in total. The Balaban J connectivity index is 1.81. The normalized spacial score (nSPS) is 11.5. The number of benzene rings is 2. The molecule has 4 nitrogen and oxygen atoms in total. The summed E-state index contributed by atoms with van der Waals surface area (Å²) in [5, 5.41) is 0.833. The molecule has 2 aromatic rings. The van der Waals surface area contributed by atoms with Gasteiger partial charge in [-0.3, -0.25) is 0 Å². The van der Waals surface area contributed by atoms with Crippen molar-refractivity contribution in [1.29, 1.82) is 0 Å². The van der Waals surface area contributed by atoms with E-state index in [4.69, 9.17) is 27.9 Å². The van der Waals surface area contributed by atoms with Crippen LogP contribution in [0.15, 0.2) is 42.5 Å². The fraction of sp³-hybridized carbons (Fsp3) is 0.294. The van der Waals surface area contributed by atoms with E-state index < -0.39 is 10.0 Å². The van der Waals surface area contributed by atoms with Crippen LogP contribution in [0, 0.1) is 0 Å². The lowest BCUT2D eigenvalue weighted by Gasteiger charge is -2.09. The average Bonchev–Trinajstić information content (AvgIpc) is 2.55. The van der Waals surface area contributed by atoms with Gasteiger partial charge in [-0.15, -0.1) is 0 Å². The summed E-state index contributed by atoms with van der Waals surface area (Å²) in [6.45, 7) is 0.375. The van der Waals surface area contributed by atoms with E-state index in [1.165, 1.54) is 6.07 Å². The minimum atomic E-state index is -3.43. The van der Waals surface area contributed by atoms with Crippen LogP contribution in [0.3, 0.4) is 0 Å². The number of halogens is 2. The van der Waals surface area contributed by atoms with Crippen LogP contribution in [0.4, 0.5) is 0 Å². The first kappa shape index (κ1) is 19.1. The number of sulfonamides is 1. The predicted molar refractivity (Wildman–Crippen MR) is 98.4 cm³/mol. The first-order valence-electron chi connectivity index (χ1n) is 7.44. The van der Waals surface area contributed by atoms with E-state index in [-0.39, 0.29) is 5.75 Å². The zero-order chi connectivity index (χ0) is 17.6. The van der Waals surface area contributed by atoms with Crippen molar-refractivity contribution in [3.05, 3.63) is 63.6 Å². The van der Waals surface area contributed by atoms with Crippen LogP contribution in [0.2, 0.25) is 10.0 Å². The fourth-order valence-electron chi connectivity index (χ4n) is 2.21. The monoisotopic (exact) mass is 387 g/mol. The van der Waals surface area contributed by atoms with Gasteiger partial charge < -0.3 is 4.74 Å². The lowest BCUT2D eigenvalue weighted by molar-refractivity contribution is 0.414. The zero-order valence-corrected chi connectivity index (χ0v) is 15.6. The zero-order valence-electron chi connectivity index (χ0n) is 13.3. The highest BCUT2D eigenvalue weighted by Gasteiger charge is 2.13. The summed E-state index contributed by atoms with van der Waals surface area (Å²) in [4.78, 5) is 0. The fourth-order valence-corrected chi connectivity index (χ4v) is 3.98. The van der Waals surface area contributed by atoms with E-state index in [9.17, 15) is 8.42 Å². The Morgan fingerprint density at radius 2 is 1.79 bits per heavy atom. The number of hydrogen-bond acceptors (Lipinski definition) is 3. The molecule has 130 valence electrons. The minimum Gasteiger partial charge on any atom is -0.497 e. The van der Waals surface area contributed by atoms with Crippen molar-refractivity contribution in [2.45, 2.75) is 18.6 Å². The van der Waals surface area contributed by atoms with Gasteiger partial charge in [0.1, 0.15) is 5.75 Å². The van der Waals surface area contributed by atoms with Gasteiger partial charge in [-0.2, -0.15) is 0 Å². The van der Waals surface area contributed by atoms with Gasteiger partial charge in [-0.1, -0.05) is 41.4 Å². The maximum atomic E-state index is 12.1. The first-order valence-corrected chi connectivity index (χ1v) is 9.84. The van der Waals surface area contributed by atoms with Gasteiger partial charge in [0.2, 0.25) is 10.0 Å². The first-order chi connectivity index (χ1) is 11.4. The summed E-state index contributed by atoms with van der Waals surface area (Å²) in [5.74, 6) is 0.644. The highest BCUT2D eigenvalue weighted by Crippen LogP contribution is 2.22. The summed E-state index contributed by atoms with van der Waals surface area (Å²) in [6, 6.07) is 12.5. The van der Waals surface area contributed by atoms with E-state index in [1.54, 1.807) is 19.2 Å². The molecule has 2 rings (SSSR count). The van der Waals surface area contributed by atoms with Gasteiger partial charge in [0.25, 0.3) is 0 Å². The number of rotatable bonds is 8. The van der Waals surface area contributed by atoms with Gasteiger partial charge in [0, 0.05) is 16.6 Å². The van der Waals surface area contributed by atoms with Crippen LogP contribution < -0.4 is 9.46 Å². The van der Waals surface area contributed by atoms with E-state index >= 15 is 0 Å². The summed E-state index contributed by atoms with van der Waals surface area (Å²) < 4.78 is 31.9. The standard InChI is InChI=1S/C17H19Cl2NO3S/c1-23-16-8-4-13(5-9-16)3-2-10-20-24(21,22)12-14-6-7-15(18)11-17(14)19/h4-9,11,20H,2-3,10,12H2,1H3. The Labute approximate surface area is 152 Å². The van der Waals surface area contributed by atoms with Gasteiger partial charge >= 0.3 is 0 Å². The average molecular weight is 388 g/mol. The van der Waals surface area contributed by atoms with E-state index in [1.807, 2.05) is 24.3 Å². The Kier molecular flexibility index (Phi) is 6.92. The summed E-state index contributed by atoms with van der Waals surface area (Å²) >= 11 is 11.8. The second-order valence-corrected chi connectivity index (χ2v) is 7.99. The molecule has 0 atom stereocenters. The summed E-state index contributed by atoms with van der Waals surface area (Å²) in [5.41, 5.74) is 1.67. The SMILES string of the molecule is COc1ccc(CCCNS(=O)(=O)Cc2ccc(Cl)cc2Cl)cc1. The van der Waals surface area contributed by atoms with Gasteiger partial charge in [-0.25, -0.2) is 13.1 Å². The van der Waals surface area contributed by atoms with Crippen molar-refractivity contribution in [2.24, 2.45) is 0 Å². The number of hydrogen-bond donors (Lipinski definition) is 1. The highest BCUT2D eigenvalue weighted by molar-refractivity contribution is 7.88. The molecule has 0 fully saturated rings. The molecule has 0 radical (unpaired) electrons. The maximum absolute atomic E-state index is 12.1. The van der Waals surface area contributed by atoms with E-state index in [2.05, 4.69) is 4.72 Å². The van der Waals surface area contributed by atoms with Gasteiger partial charge in [0.15, 0.2) is 0 Å². The van der Waals surface area contributed by atoms with Crippen molar-refractivity contribution in [3.8, 4) is 5.75 Å². The Hall–Kier alpha value is -1.27. The van der Waals surface area contributed by atoms with Gasteiger partial charge in [0.05, 0.1) is 12.9 Å². The van der Waals surface area contributed by atoms with Crippen molar-refractivity contribution in [2.75, 3.05) is 13.7 Å². The number of nitrogens with one attached hydrogen (secondary N) is 1. The molecule has 0 aliphatic heterocycles. The maximum Gasteiger partial charge on any atom is 0.215 e. The minimum absolute atomic E-state index is 0.161. The molecule has 0 aliphatic rings. The third kappa shape index (κ3) is 5.98. The third-order valence-corrected chi connectivity index (χ3v) is 5.41. The Bertz CT molecular complexity index is 777. The molecule has 0 unspecified atom stereocenters. The number of methoxy groups -OCH3 is 1. The molecule has 2 aromatic carbocycles. The molecule has 0 aromatic heterocycles. The van der Waals surface area contributed by atoms with Crippen LogP contribution in [0.5, 0.6) is 5.75 Å². The molecule has 24 heavy (non-hydrogen) atoms. The molecule has 0 saturated heterocycles. The molecule has 0 aliphatic carbocycles. The van der Waals surface area contributed by atoms with Crippen LogP contribution in [0.25, 0.3) is 0 Å². The highest BCUT2D eigenvalue weighted by atomic mass is 35.5. The second kappa shape index (κ2) is 8.72. The molecule has 0 saturated carbocycles. The molecular weight excluding hydrogens is 369 g/mol. The molecule has 7 heteroatoms. The van der Waals surface area contributed by atoms with Crippen molar-refractivity contribution in [1.82, 2.24) is 4.72 Å². The van der Waals surface area contributed by atoms with Crippen molar-refractivity contribution in [3.63, 3.8) is 0 Å². The van der Waals surface area contributed by atoms with E-state index in [0.717, 1.165) is 17.7 Å². The van der Waals surface area contributed by atoms with Crippen LogP contribution in [-0.2, 0) is 22.2 Å². The van der Waals surface area contributed by atoms with Crippen LogP contribution >= 0.6 is 23.2 Å².